The van der Waals surface area contributed by atoms with Crippen molar-refractivity contribution in [3.63, 3.8) is 0 Å². The number of non-ortho nitro benzene ring substituents is 1. The van der Waals surface area contributed by atoms with Crippen molar-refractivity contribution in [2.24, 2.45) is 0 Å². The monoisotopic (exact) mass is 350 g/mol. The number of nitro groups is 1. The number of hydrogen-bond donors (Lipinski definition) is 2. The van der Waals surface area contributed by atoms with Gasteiger partial charge in [-0.2, -0.15) is 0 Å². The molecule has 2 aromatic carbocycles. The number of benzene rings is 2. The Bertz CT molecular complexity index is 865. The minimum absolute atomic E-state index is 0.0746. The van der Waals surface area contributed by atoms with E-state index in [-0.39, 0.29) is 22.8 Å². The lowest BCUT2D eigenvalue weighted by molar-refractivity contribution is -0.385. The van der Waals surface area contributed by atoms with Crippen LogP contribution in [-0.4, -0.2) is 31.2 Å². The SMILES string of the molecule is Cc1ccccc1C(O)CNc1ccc([N+](=O)[O-])cc1S(C)(=O)=O. The van der Waals surface area contributed by atoms with E-state index in [4.69, 9.17) is 0 Å². The summed E-state index contributed by atoms with van der Waals surface area (Å²) in [5.74, 6) is 0. The van der Waals surface area contributed by atoms with Gasteiger partial charge in [-0.3, -0.25) is 10.1 Å². The number of anilines is 1. The van der Waals surface area contributed by atoms with Crippen molar-refractivity contribution < 1.29 is 18.4 Å². The van der Waals surface area contributed by atoms with E-state index in [1.807, 2.05) is 19.1 Å². The average molecular weight is 350 g/mol. The van der Waals surface area contributed by atoms with Crippen molar-refractivity contribution in [2.75, 3.05) is 18.1 Å². The smallest absolute Gasteiger partial charge is 0.270 e. The molecule has 0 spiro atoms. The largest absolute Gasteiger partial charge is 0.387 e. The van der Waals surface area contributed by atoms with Gasteiger partial charge in [0.25, 0.3) is 5.69 Å². The fraction of sp³-hybridized carbons (Fsp3) is 0.250. The molecule has 1 atom stereocenters. The molecule has 24 heavy (non-hydrogen) atoms. The highest BCUT2D eigenvalue weighted by Gasteiger charge is 2.19. The summed E-state index contributed by atoms with van der Waals surface area (Å²) in [5.41, 5.74) is 1.56. The molecular formula is C16H18N2O5S. The summed E-state index contributed by atoms with van der Waals surface area (Å²) in [6.07, 6.45) is 0.142. The second kappa shape index (κ2) is 6.98. The molecule has 0 radical (unpaired) electrons. The van der Waals surface area contributed by atoms with Crippen molar-refractivity contribution in [1.29, 1.82) is 0 Å². The molecule has 0 bridgehead atoms. The predicted octanol–water partition coefficient (Wildman–Crippen LogP) is 2.45. The van der Waals surface area contributed by atoms with Crippen LogP contribution in [-0.2, 0) is 9.84 Å². The number of aliphatic hydroxyl groups is 1. The maximum atomic E-state index is 11.9. The Balaban J connectivity index is 2.27. The lowest BCUT2D eigenvalue weighted by Crippen LogP contribution is -2.15. The maximum absolute atomic E-state index is 11.9. The van der Waals surface area contributed by atoms with Gasteiger partial charge >= 0.3 is 0 Å². The second-order valence-electron chi connectivity index (χ2n) is 5.46. The molecule has 7 nitrogen and oxygen atoms in total. The van der Waals surface area contributed by atoms with Gasteiger partial charge in [0.05, 0.1) is 21.6 Å². The van der Waals surface area contributed by atoms with Gasteiger partial charge in [0.1, 0.15) is 0 Å². The Morgan fingerprint density at radius 3 is 2.50 bits per heavy atom. The van der Waals surface area contributed by atoms with Gasteiger partial charge in [0.2, 0.25) is 0 Å². The van der Waals surface area contributed by atoms with Crippen LogP contribution in [0.5, 0.6) is 0 Å². The van der Waals surface area contributed by atoms with E-state index >= 15 is 0 Å². The van der Waals surface area contributed by atoms with Gasteiger partial charge in [-0.25, -0.2) is 8.42 Å². The summed E-state index contributed by atoms with van der Waals surface area (Å²) in [4.78, 5) is 10.0. The summed E-state index contributed by atoms with van der Waals surface area (Å²) >= 11 is 0. The van der Waals surface area contributed by atoms with Gasteiger partial charge in [0.15, 0.2) is 9.84 Å². The highest BCUT2D eigenvalue weighted by molar-refractivity contribution is 7.90. The molecule has 2 N–H and O–H groups in total. The van der Waals surface area contributed by atoms with Gasteiger partial charge < -0.3 is 10.4 Å². The third-order valence-corrected chi connectivity index (χ3v) is 4.75. The zero-order chi connectivity index (χ0) is 17.9. The molecule has 0 aliphatic heterocycles. The second-order valence-corrected chi connectivity index (χ2v) is 7.45. The van der Waals surface area contributed by atoms with Crippen LogP contribution in [0.1, 0.15) is 17.2 Å². The van der Waals surface area contributed by atoms with E-state index in [9.17, 15) is 23.6 Å². The Kier molecular flexibility index (Phi) is 5.20. The normalized spacial score (nSPS) is 12.6. The molecule has 0 saturated heterocycles. The van der Waals surface area contributed by atoms with Crippen LogP contribution in [0.15, 0.2) is 47.4 Å². The van der Waals surface area contributed by atoms with Crippen LogP contribution < -0.4 is 5.32 Å². The molecule has 0 fully saturated rings. The average Bonchev–Trinajstić information content (AvgIpc) is 2.52. The fourth-order valence-electron chi connectivity index (χ4n) is 2.35. The molecule has 128 valence electrons. The molecule has 0 aliphatic carbocycles. The first kappa shape index (κ1) is 17.9. The summed E-state index contributed by atoms with van der Waals surface area (Å²) in [6.45, 7) is 1.94. The molecule has 1 unspecified atom stereocenters. The van der Waals surface area contributed by atoms with Crippen LogP contribution in [0.2, 0.25) is 0 Å². The molecule has 0 amide bonds. The quantitative estimate of drug-likeness (QED) is 0.612. The van der Waals surface area contributed by atoms with Gasteiger partial charge in [-0.15, -0.1) is 0 Å². The lowest BCUT2D eigenvalue weighted by Gasteiger charge is -2.16. The first-order valence-corrected chi connectivity index (χ1v) is 9.05. The zero-order valence-electron chi connectivity index (χ0n) is 13.3. The maximum Gasteiger partial charge on any atom is 0.270 e. The molecule has 0 heterocycles. The number of rotatable bonds is 6. The van der Waals surface area contributed by atoms with Crippen molar-refractivity contribution in [3.8, 4) is 0 Å². The first-order valence-electron chi connectivity index (χ1n) is 7.16. The van der Waals surface area contributed by atoms with Crippen molar-refractivity contribution in [2.45, 2.75) is 17.9 Å². The number of nitrogens with one attached hydrogen (secondary N) is 1. The number of aryl methyl sites for hydroxylation is 1. The van der Waals surface area contributed by atoms with E-state index in [0.29, 0.717) is 0 Å². The van der Waals surface area contributed by atoms with Gasteiger partial charge in [-0.1, -0.05) is 24.3 Å². The Hall–Kier alpha value is -2.45. The standard InChI is InChI=1S/C16H18N2O5S/c1-11-5-3-4-6-13(11)15(19)10-17-14-8-7-12(18(20)21)9-16(14)24(2,22)23/h3-9,15,17,19H,10H2,1-2H3. The third kappa shape index (κ3) is 4.09. The number of sulfone groups is 1. The number of hydrogen-bond acceptors (Lipinski definition) is 6. The van der Waals surface area contributed by atoms with Crippen molar-refractivity contribution in [1.82, 2.24) is 0 Å². The number of nitrogens with zero attached hydrogens (tertiary/aromatic N) is 1. The Morgan fingerprint density at radius 2 is 1.92 bits per heavy atom. The number of aliphatic hydroxyl groups excluding tert-OH is 1. The van der Waals surface area contributed by atoms with E-state index in [2.05, 4.69) is 5.32 Å². The highest BCUT2D eigenvalue weighted by atomic mass is 32.2. The molecule has 0 aromatic heterocycles. The van der Waals surface area contributed by atoms with Gasteiger partial charge in [-0.05, 0) is 24.1 Å². The molecule has 2 aromatic rings. The zero-order valence-corrected chi connectivity index (χ0v) is 14.1. The molecule has 8 heteroatoms. The van der Waals surface area contributed by atoms with E-state index in [1.165, 1.54) is 12.1 Å². The summed E-state index contributed by atoms with van der Waals surface area (Å²) in [5, 5.41) is 24.0. The summed E-state index contributed by atoms with van der Waals surface area (Å²) in [7, 11) is -3.66. The Labute approximate surface area is 140 Å². The summed E-state index contributed by atoms with van der Waals surface area (Å²) < 4.78 is 23.7. The van der Waals surface area contributed by atoms with Crippen LogP contribution in [0.25, 0.3) is 0 Å². The van der Waals surface area contributed by atoms with Crippen LogP contribution in [0, 0.1) is 17.0 Å². The van der Waals surface area contributed by atoms with Crippen LogP contribution in [0.3, 0.4) is 0 Å². The third-order valence-electron chi connectivity index (χ3n) is 3.61. The van der Waals surface area contributed by atoms with E-state index in [0.717, 1.165) is 23.4 Å². The fourth-order valence-corrected chi connectivity index (χ4v) is 3.23. The lowest BCUT2D eigenvalue weighted by atomic mass is 10.0. The van der Waals surface area contributed by atoms with Crippen molar-refractivity contribution >= 4 is 21.2 Å². The Morgan fingerprint density at radius 1 is 1.25 bits per heavy atom. The highest BCUT2D eigenvalue weighted by Crippen LogP contribution is 2.27. The van der Waals surface area contributed by atoms with Crippen LogP contribution in [0.4, 0.5) is 11.4 Å². The molecule has 2 rings (SSSR count). The van der Waals surface area contributed by atoms with E-state index < -0.39 is 20.9 Å². The molecular weight excluding hydrogens is 332 g/mol. The predicted molar refractivity (Wildman–Crippen MR) is 90.8 cm³/mol. The number of nitro benzene ring substituents is 1. The molecule has 0 saturated carbocycles. The minimum Gasteiger partial charge on any atom is -0.387 e. The summed E-state index contributed by atoms with van der Waals surface area (Å²) in [6, 6.07) is 10.9. The minimum atomic E-state index is -3.66. The van der Waals surface area contributed by atoms with Gasteiger partial charge in [0, 0.05) is 24.9 Å². The first-order chi connectivity index (χ1) is 11.2. The van der Waals surface area contributed by atoms with Crippen LogP contribution >= 0.6 is 0 Å². The van der Waals surface area contributed by atoms with E-state index in [1.54, 1.807) is 12.1 Å². The topological polar surface area (TPSA) is 110 Å². The molecule has 0 aliphatic rings. The van der Waals surface area contributed by atoms with Crippen molar-refractivity contribution in [3.05, 3.63) is 63.7 Å².